The third-order valence-electron chi connectivity index (χ3n) is 4.26. The van der Waals surface area contributed by atoms with Gasteiger partial charge in [0.25, 0.3) is 0 Å². The van der Waals surface area contributed by atoms with Crippen molar-refractivity contribution in [2.75, 3.05) is 18.0 Å². The molecular weight excluding hydrogens is 239 g/mol. The summed E-state index contributed by atoms with van der Waals surface area (Å²) in [5.41, 5.74) is 9.15. The monoisotopic (exact) mass is 264 g/mol. The molecule has 0 aromatic heterocycles. The summed E-state index contributed by atoms with van der Waals surface area (Å²) in [5, 5.41) is 0. The van der Waals surface area contributed by atoms with Crippen molar-refractivity contribution >= 4 is 5.69 Å². The average molecular weight is 264 g/mol. The van der Waals surface area contributed by atoms with Crippen LogP contribution in [0.15, 0.2) is 12.1 Å². The standard InChI is InChI=1S/C16H25FN2/c1-11-9-15(13(12(2)18)10-14(11)17)19-7-5-16(3,4)6-8-19/h9-10,12H,5-8,18H2,1-4H3/t12-/m1/s1. The number of benzene rings is 1. The van der Waals surface area contributed by atoms with E-state index in [0.717, 1.165) is 24.3 Å². The molecule has 1 atom stereocenters. The Balaban J connectivity index is 2.31. The number of hydrogen-bond donors (Lipinski definition) is 1. The van der Waals surface area contributed by atoms with Gasteiger partial charge in [0, 0.05) is 24.8 Å². The molecule has 0 spiro atoms. The number of aryl methyl sites for hydroxylation is 1. The number of nitrogens with zero attached hydrogens (tertiary/aromatic N) is 1. The van der Waals surface area contributed by atoms with Gasteiger partial charge in [0.05, 0.1) is 0 Å². The molecule has 1 aliphatic heterocycles. The van der Waals surface area contributed by atoms with E-state index in [9.17, 15) is 4.39 Å². The quantitative estimate of drug-likeness (QED) is 0.880. The topological polar surface area (TPSA) is 29.3 Å². The average Bonchev–Trinajstić information content (AvgIpc) is 2.32. The van der Waals surface area contributed by atoms with Crippen LogP contribution in [-0.2, 0) is 0 Å². The summed E-state index contributed by atoms with van der Waals surface area (Å²) in [6.07, 6.45) is 2.34. The molecule has 1 saturated heterocycles. The van der Waals surface area contributed by atoms with E-state index in [0.29, 0.717) is 11.0 Å². The Bertz CT molecular complexity index is 456. The van der Waals surface area contributed by atoms with Crippen molar-refractivity contribution in [3.05, 3.63) is 29.1 Å². The van der Waals surface area contributed by atoms with Crippen LogP contribution in [0.2, 0.25) is 0 Å². The molecular formula is C16H25FN2. The van der Waals surface area contributed by atoms with Crippen molar-refractivity contribution in [3.8, 4) is 0 Å². The van der Waals surface area contributed by atoms with Gasteiger partial charge in [-0.2, -0.15) is 0 Å². The first-order valence-electron chi connectivity index (χ1n) is 7.11. The number of piperidine rings is 1. The summed E-state index contributed by atoms with van der Waals surface area (Å²) in [6, 6.07) is 3.42. The molecule has 2 nitrogen and oxygen atoms in total. The molecule has 3 heteroatoms. The van der Waals surface area contributed by atoms with Gasteiger partial charge < -0.3 is 10.6 Å². The number of rotatable bonds is 2. The van der Waals surface area contributed by atoms with Gasteiger partial charge in [-0.25, -0.2) is 4.39 Å². The smallest absolute Gasteiger partial charge is 0.126 e. The van der Waals surface area contributed by atoms with Gasteiger partial charge in [0.1, 0.15) is 5.82 Å². The molecule has 0 saturated carbocycles. The second-order valence-electron chi connectivity index (χ2n) is 6.60. The van der Waals surface area contributed by atoms with Gasteiger partial charge in [-0.05, 0) is 55.4 Å². The van der Waals surface area contributed by atoms with Crippen LogP contribution >= 0.6 is 0 Å². The normalized spacial score (nSPS) is 20.4. The summed E-state index contributed by atoms with van der Waals surface area (Å²) in [6.45, 7) is 10.4. The van der Waals surface area contributed by atoms with Crippen LogP contribution in [0.3, 0.4) is 0 Å². The van der Waals surface area contributed by atoms with Gasteiger partial charge in [0.15, 0.2) is 0 Å². The molecule has 0 amide bonds. The summed E-state index contributed by atoms with van der Waals surface area (Å²) in [7, 11) is 0. The highest BCUT2D eigenvalue weighted by Crippen LogP contribution is 2.35. The van der Waals surface area contributed by atoms with Crippen LogP contribution in [0, 0.1) is 18.2 Å². The van der Waals surface area contributed by atoms with Gasteiger partial charge in [-0.3, -0.25) is 0 Å². The lowest BCUT2D eigenvalue weighted by molar-refractivity contribution is 0.279. The first-order valence-corrected chi connectivity index (χ1v) is 7.11. The summed E-state index contributed by atoms with van der Waals surface area (Å²) >= 11 is 0. The predicted molar refractivity (Wildman–Crippen MR) is 79.0 cm³/mol. The Morgan fingerprint density at radius 3 is 2.37 bits per heavy atom. The van der Waals surface area contributed by atoms with Gasteiger partial charge >= 0.3 is 0 Å². The Labute approximate surface area is 115 Å². The lowest BCUT2D eigenvalue weighted by Crippen LogP contribution is -2.38. The molecule has 0 radical (unpaired) electrons. The van der Waals surface area contributed by atoms with Crippen molar-refractivity contribution in [2.45, 2.75) is 46.6 Å². The van der Waals surface area contributed by atoms with Crippen LogP contribution in [0.4, 0.5) is 10.1 Å². The minimum Gasteiger partial charge on any atom is -0.371 e. The molecule has 106 valence electrons. The van der Waals surface area contributed by atoms with E-state index in [2.05, 4.69) is 18.7 Å². The zero-order valence-corrected chi connectivity index (χ0v) is 12.5. The van der Waals surface area contributed by atoms with Crippen molar-refractivity contribution in [1.82, 2.24) is 0 Å². The number of hydrogen-bond acceptors (Lipinski definition) is 2. The Hall–Kier alpha value is -1.09. The van der Waals surface area contributed by atoms with Crippen LogP contribution in [0.1, 0.15) is 50.8 Å². The maximum absolute atomic E-state index is 13.7. The zero-order valence-electron chi connectivity index (χ0n) is 12.5. The Morgan fingerprint density at radius 1 is 1.26 bits per heavy atom. The fraction of sp³-hybridized carbons (Fsp3) is 0.625. The van der Waals surface area contributed by atoms with Crippen LogP contribution < -0.4 is 10.6 Å². The van der Waals surface area contributed by atoms with Crippen LogP contribution in [0.25, 0.3) is 0 Å². The van der Waals surface area contributed by atoms with E-state index < -0.39 is 0 Å². The minimum absolute atomic E-state index is 0.139. The fourth-order valence-electron chi connectivity index (χ4n) is 2.67. The number of anilines is 1. The third-order valence-corrected chi connectivity index (χ3v) is 4.26. The highest BCUT2D eigenvalue weighted by atomic mass is 19.1. The van der Waals surface area contributed by atoms with E-state index in [4.69, 9.17) is 5.73 Å². The maximum Gasteiger partial charge on any atom is 0.126 e. The molecule has 1 fully saturated rings. The van der Waals surface area contributed by atoms with Gasteiger partial charge in [0.2, 0.25) is 0 Å². The van der Waals surface area contributed by atoms with Crippen LogP contribution in [-0.4, -0.2) is 13.1 Å². The maximum atomic E-state index is 13.7. The molecule has 1 aliphatic rings. The second-order valence-corrected chi connectivity index (χ2v) is 6.60. The highest BCUT2D eigenvalue weighted by Gasteiger charge is 2.27. The lowest BCUT2D eigenvalue weighted by Gasteiger charge is -2.39. The van der Waals surface area contributed by atoms with Gasteiger partial charge in [-0.15, -0.1) is 0 Å². The van der Waals surface area contributed by atoms with Crippen molar-refractivity contribution in [1.29, 1.82) is 0 Å². The molecule has 1 aromatic rings. The first kappa shape index (κ1) is 14.3. The summed E-state index contributed by atoms with van der Waals surface area (Å²) < 4.78 is 13.7. The molecule has 2 rings (SSSR count). The predicted octanol–water partition coefficient (Wildman–Crippen LogP) is 3.78. The third kappa shape index (κ3) is 3.08. The molecule has 1 heterocycles. The zero-order chi connectivity index (χ0) is 14.2. The van der Waals surface area contributed by atoms with Crippen molar-refractivity contribution < 1.29 is 4.39 Å². The van der Waals surface area contributed by atoms with E-state index >= 15 is 0 Å². The largest absolute Gasteiger partial charge is 0.371 e. The van der Waals surface area contributed by atoms with E-state index in [1.807, 2.05) is 19.9 Å². The highest BCUT2D eigenvalue weighted by molar-refractivity contribution is 5.57. The van der Waals surface area contributed by atoms with E-state index in [1.54, 1.807) is 6.07 Å². The number of halogens is 1. The van der Waals surface area contributed by atoms with Crippen molar-refractivity contribution in [2.24, 2.45) is 11.1 Å². The molecule has 19 heavy (non-hydrogen) atoms. The van der Waals surface area contributed by atoms with Crippen LogP contribution in [0.5, 0.6) is 0 Å². The lowest BCUT2D eigenvalue weighted by atomic mass is 9.82. The molecule has 0 bridgehead atoms. The molecule has 1 aromatic carbocycles. The molecule has 0 unspecified atom stereocenters. The van der Waals surface area contributed by atoms with E-state index in [1.165, 1.54) is 12.8 Å². The van der Waals surface area contributed by atoms with E-state index in [-0.39, 0.29) is 11.9 Å². The molecule has 0 aliphatic carbocycles. The summed E-state index contributed by atoms with van der Waals surface area (Å²) in [5.74, 6) is -0.159. The minimum atomic E-state index is -0.159. The van der Waals surface area contributed by atoms with Crippen molar-refractivity contribution in [3.63, 3.8) is 0 Å². The second kappa shape index (κ2) is 5.12. The fourth-order valence-corrected chi connectivity index (χ4v) is 2.67. The van der Waals surface area contributed by atoms with Gasteiger partial charge in [-0.1, -0.05) is 13.8 Å². The number of nitrogens with two attached hydrogens (primary N) is 1. The SMILES string of the molecule is Cc1cc(N2CCC(C)(C)CC2)c([C@@H](C)N)cc1F. The summed E-state index contributed by atoms with van der Waals surface area (Å²) in [4.78, 5) is 2.36. The first-order chi connectivity index (χ1) is 8.80. The Kier molecular flexibility index (Phi) is 3.86. The molecule has 2 N–H and O–H groups in total. The Morgan fingerprint density at radius 2 is 1.84 bits per heavy atom.